The zero-order valence-corrected chi connectivity index (χ0v) is 22.1. The summed E-state index contributed by atoms with van der Waals surface area (Å²) in [7, 11) is 1.35. The SMILES string of the molecule is COC(=O)N1CC(C(NCC(O)C(Cc2cc(F)cc(F)c2)NC(C)=O)c2cccc(C(C)(C)C)c2)C1. The molecule has 3 N–H and O–H groups in total. The third-order valence-electron chi connectivity index (χ3n) is 6.70. The molecule has 1 aliphatic heterocycles. The largest absolute Gasteiger partial charge is 0.453 e. The number of aliphatic hydroxyl groups excluding tert-OH is 1. The van der Waals surface area contributed by atoms with Crippen molar-refractivity contribution in [2.24, 2.45) is 5.92 Å². The summed E-state index contributed by atoms with van der Waals surface area (Å²) in [5.41, 5.74) is 2.45. The lowest BCUT2D eigenvalue weighted by Crippen LogP contribution is -2.56. The molecule has 0 bridgehead atoms. The van der Waals surface area contributed by atoms with Gasteiger partial charge >= 0.3 is 6.09 Å². The van der Waals surface area contributed by atoms with E-state index in [0.717, 1.165) is 17.2 Å². The summed E-state index contributed by atoms with van der Waals surface area (Å²) in [5.74, 6) is -1.72. The molecule has 1 saturated heterocycles. The molecule has 0 saturated carbocycles. The van der Waals surface area contributed by atoms with Crippen LogP contribution in [-0.4, -0.2) is 60.9 Å². The molecule has 3 rings (SSSR count). The van der Waals surface area contributed by atoms with Crippen LogP contribution in [0.25, 0.3) is 0 Å². The number of carbonyl (C=O) groups is 2. The van der Waals surface area contributed by atoms with Crippen molar-refractivity contribution in [2.45, 2.75) is 57.7 Å². The molecule has 0 aliphatic carbocycles. The number of nitrogens with zero attached hydrogens (tertiary/aromatic N) is 1. The van der Waals surface area contributed by atoms with Crippen molar-refractivity contribution in [2.75, 3.05) is 26.7 Å². The highest BCUT2D eigenvalue weighted by molar-refractivity contribution is 5.73. The van der Waals surface area contributed by atoms with Gasteiger partial charge in [0, 0.05) is 44.6 Å². The Morgan fingerprint density at radius 1 is 1.14 bits per heavy atom. The summed E-state index contributed by atoms with van der Waals surface area (Å²) >= 11 is 0. The number of amides is 2. The number of carbonyl (C=O) groups excluding carboxylic acids is 2. The smallest absolute Gasteiger partial charge is 0.409 e. The Bertz CT molecular complexity index is 1080. The van der Waals surface area contributed by atoms with Gasteiger partial charge in [-0.2, -0.15) is 0 Å². The quantitative estimate of drug-likeness (QED) is 0.472. The highest BCUT2D eigenvalue weighted by Gasteiger charge is 2.38. The summed E-state index contributed by atoms with van der Waals surface area (Å²) in [6, 6.07) is 10.4. The lowest BCUT2D eigenvalue weighted by Gasteiger charge is -2.43. The number of halogens is 2. The number of nitrogens with one attached hydrogen (secondary N) is 2. The standard InChI is InChI=1S/C28H37F2N3O4/c1-17(34)32-24(11-18-9-22(29)13-23(30)10-18)25(35)14-31-26(20-15-33(16-20)27(36)37-5)19-7-6-8-21(12-19)28(2,3)4/h6-10,12-13,20,24-26,31,35H,11,14-16H2,1-5H3,(H,32,34). The number of rotatable bonds is 9. The van der Waals surface area contributed by atoms with Gasteiger partial charge in [0.25, 0.3) is 0 Å². The van der Waals surface area contributed by atoms with Gasteiger partial charge in [0.15, 0.2) is 0 Å². The third-order valence-corrected chi connectivity index (χ3v) is 6.70. The summed E-state index contributed by atoms with van der Waals surface area (Å²) in [5, 5.41) is 17.2. The number of benzene rings is 2. The molecule has 3 atom stereocenters. The summed E-state index contributed by atoms with van der Waals surface area (Å²) in [6.45, 7) is 8.84. The lowest BCUT2D eigenvalue weighted by molar-refractivity contribution is -0.120. The molecule has 2 amide bonds. The van der Waals surface area contributed by atoms with Crippen molar-refractivity contribution in [3.63, 3.8) is 0 Å². The molecule has 0 spiro atoms. The van der Waals surface area contributed by atoms with Crippen molar-refractivity contribution >= 4 is 12.0 Å². The van der Waals surface area contributed by atoms with E-state index in [0.29, 0.717) is 18.7 Å². The van der Waals surface area contributed by atoms with Gasteiger partial charge in [0.2, 0.25) is 5.91 Å². The average Bonchev–Trinajstić information content (AvgIpc) is 2.78. The molecule has 7 nitrogen and oxygen atoms in total. The molecule has 9 heteroatoms. The van der Waals surface area contributed by atoms with Crippen LogP contribution < -0.4 is 10.6 Å². The number of hydrogen-bond acceptors (Lipinski definition) is 5. The molecule has 2 aromatic carbocycles. The van der Waals surface area contributed by atoms with E-state index in [-0.39, 0.29) is 42.3 Å². The number of ether oxygens (including phenoxy) is 1. The molecule has 0 aromatic heterocycles. The zero-order valence-electron chi connectivity index (χ0n) is 22.1. The van der Waals surface area contributed by atoms with E-state index in [1.54, 1.807) is 4.90 Å². The maximum absolute atomic E-state index is 13.7. The minimum absolute atomic E-state index is 0.0564. The molecule has 1 heterocycles. The first-order valence-electron chi connectivity index (χ1n) is 12.4. The monoisotopic (exact) mass is 517 g/mol. The number of aliphatic hydroxyl groups is 1. The Labute approximate surface area is 217 Å². The van der Waals surface area contributed by atoms with Gasteiger partial charge in [-0.15, -0.1) is 0 Å². The molecule has 37 heavy (non-hydrogen) atoms. The minimum atomic E-state index is -1.04. The molecule has 1 fully saturated rings. The van der Waals surface area contributed by atoms with Crippen LogP contribution in [0.3, 0.4) is 0 Å². The second kappa shape index (κ2) is 12.0. The van der Waals surface area contributed by atoms with Crippen LogP contribution in [-0.2, 0) is 21.4 Å². The van der Waals surface area contributed by atoms with E-state index in [1.165, 1.54) is 26.2 Å². The average molecular weight is 518 g/mol. The summed E-state index contributed by atoms with van der Waals surface area (Å²) in [4.78, 5) is 25.4. The second-order valence-electron chi connectivity index (χ2n) is 10.8. The Morgan fingerprint density at radius 3 is 2.35 bits per heavy atom. The minimum Gasteiger partial charge on any atom is -0.453 e. The molecule has 202 valence electrons. The van der Waals surface area contributed by atoms with E-state index < -0.39 is 23.8 Å². The van der Waals surface area contributed by atoms with Gasteiger partial charge < -0.3 is 25.4 Å². The van der Waals surface area contributed by atoms with E-state index in [2.05, 4.69) is 43.5 Å². The normalized spacial score (nSPS) is 16.5. The van der Waals surface area contributed by atoms with Gasteiger partial charge in [-0.3, -0.25) is 4.79 Å². The van der Waals surface area contributed by atoms with Crippen LogP contribution in [0.2, 0.25) is 0 Å². The Kier molecular flexibility index (Phi) is 9.26. The molecule has 3 unspecified atom stereocenters. The lowest BCUT2D eigenvalue weighted by atomic mass is 9.82. The Morgan fingerprint density at radius 2 is 1.78 bits per heavy atom. The maximum atomic E-state index is 13.7. The van der Waals surface area contributed by atoms with Crippen LogP contribution in [0, 0.1) is 17.6 Å². The second-order valence-corrected chi connectivity index (χ2v) is 10.8. The van der Waals surface area contributed by atoms with Crippen LogP contribution >= 0.6 is 0 Å². The van der Waals surface area contributed by atoms with Gasteiger partial charge in [-0.1, -0.05) is 45.0 Å². The fraction of sp³-hybridized carbons (Fsp3) is 0.500. The van der Waals surface area contributed by atoms with Crippen LogP contribution in [0.15, 0.2) is 42.5 Å². The first-order chi connectivity index (χ1) is 17.4. The molecular weight excluding hydrogens is 480 g/mol. The predicted octanol–water partition coefficient (Wildman–Crippen LogP) is 3.70. The van der Waals surface area contributed by atoms with E-state index in [1.807, 2.05) is 12.1 Å². The fourth-order valence-corrected chi connectivity index (χ4v) is 4.67. The van der Waals surface area contributed by atoms with Gasteiger partial charge in [0.1, 0.15) is 11.6 Å². The Balaban J connectivity index is 1.79. The van der Waals surface area contributed by atoms with E-state index in [9.17, 15) is 23.5 Å². The third kappa shape index (κ3) is 7.72. The van der Waals surface area contributed by atoms with E-state index >= 15 is 0 Å². The van der Waals surface area contributed by atoms with Gasteiger partial charge in [0.05, 0.1) is 19.3 Å². The van der Waals surface area contributed by atoms with Gasteiger partial charge in [-0.05, 0) is 40.7 Å². The van der Waals surface area contributed by atoms with Crippen molar-refractivity contribution in [3.05, 3.63) is 70.8 Å². The number of methoxy groups -OCH3 is 1. The molecule has 1 aliphatic rings. The van der Waals surface area contributed by atoms with E-state index in [4.69, 9.17) is 4.74 Å². The molecule has 2 aromatic rings. The fourth-order valence-electron chi connectivity index (χ4n) is 4.67. The number of hydrogen-bond donors (Lipinski definition) is 3. The summed E-state index contributed by atoms with van der Waals surface area (Å²) < 4.78 is 32.2. The van der Waals surface area contributed by atoms with Crippen molar-refractivity contribution in [3.8, 4) is 0 Å². The molecule has 0 radical (unpaired) electrons. The predicted molar refractivity (Wildman–Crippen MR) is 137 cm³/mol. The summed E-state index contributed by atoms with van der Waals surface area (Å²) in [6.07, 6.45) is -1.37. The first kappa shape index (κ1) is 28.5. The highest BCUT2D eigenvalue weighted by atomic mass is 19.1. The Hall–Kier alpha value is -3.04. The highest BCUT2D eigenvalue weighted by Crippen LogP contribution is 2.33. The van der Waals surface area contributed by atoms with Crippen molar-refractivity contribution in [1.82, 2.24) is 15.5 Å². The van der Waals surface area contributed by atoms with Gasteiger partial charge in [-0.25, -0.2) is 13.6 Å². The maximum Gasteiger partial charge on any atom is 0.409 e. The topological polar surface area (TPSA) is 90.9 Å². The number of likely N-dealkylation sites (tertiary alicyclic amines) is 1. The molecular formula is C28H37F2N3O4. The van der Waals surface area contributed by atoms with Crippen molar-refractivity contribution in [1.29, 1.82) is 0 Å². The zero-order chi connectivity index (χ0) is 27.3. The van der Waals surface area contributed by atoms with Crippen molar-refractivity contribution < 1.29 is 28.2 Å². The first-order valence-corrected chi connectivity index (χ1v) is 12.4. The van der Waals surface area contributed by atoms with Crippen LogP contribution in [0.5, 0.6) is 0 Å². The van der Waals surface area contributed by atoms with Crippen LogP contribution in [0.4, 0.5) is 13.6 Å². The van der Waals surface area contributed by atoms with Crippen LogP contribution in [0.1, 0.15) is 50.4 Å².